The molecular formula is C15H15N3O6S. The molecule has 9 nitrogen and oxygen atoms in total. The lowest BCUT2D eigenvalue weighted by Gasteiger charge is -2.12. The van der Waals surface area contributed by atoms with E-state index in [0.717, 1.165) is 11.8 Å². The first kappa shape index (κ1) is 18.5. The molecule has 10 heteroatoms. The first-order chi connectivity index (χ1) is 11.8. The molecule has 0 aliphatic rings. The van der Waals surface area contributed by atoms with E-state index in [4.69, 9.17) is 9.26 Å². The predicted octanol–water partition coefficient (Wildman–Crippen LogP) is 2.55. The van der Waals surface area contributed by atoms with Crippen LogP contribution in [0.1, 0.15) is 12.7 Å². The first-order valence-corrected chi connectivity index (χ1v) is 8.14. The fourth-order valence-corrected chi connectivity index (χ4v) is 2.43. The maximum Gasteiger partial charge on any atom is 0.317 e. The Balaban J connectivity index is 1.78. The monoisotopic (exact) mass is 365 g/mol. The zero-order chi connectivity index (χ0) is 18.4. The molecule has 0 unspecified atom stereocenters. The minimum Gasteiger partial charge on any atom is -0.452 e. The number of esters is 1. The van der Waals surface area contributed by atoms with Gasteiger partial charge in [0.05, 0.1) is 10.7 Å². The quantitative estimate of drug-likeness (QED) is 0.343. The molecule has 0 saturated heterocycles. The molecule has 132 valence electrons. The third-order valence-corrected chi connectivity index (χ3v) is 3.95. The first-order valence-electron chi connectivity index (χ1n) is 7.16. The summed E-state index contributed by atoms with van der Waals surface area (Å²) in [7, 11) is 0. The Morgan fingerprint density at radius 2 is 2.08 bits per heavy atom. The van der Waals surface area contributed by atoms with Crippen molar-refractivity contribution in [3.8, 4) is 0 Å². The van der Waals surface area contributed by atoms with Gasteiger partial charge in [-0.15, -0.1) is 11.8 Å². The average molecular weight is 365 g/mol. The van der Waals surface area contributed by atoms with E-state index in [-0.39, 0.29) is 17.3 Å². The van der Waals surface area contributed by atoms with Crippen LogP contribution in [-0.4, -0.2) is 33.8 Å². The lowest BCUT2D eigenvalue weighted by atomic mass is 10.3. The predicted molar refractivity (Wildman–Crippen MR) is 89.2 cm³/mol. The number of aryl methyl sites for hydroxylation is 1. The Hall–Kier alpha value is -2.88. The molecule has 1 amide bonds. The van der Waals surface area contributed by atoms with Crippen LogP contribution < -0.4 is 5.32 Å². The zero-order valence-corrected chi connectivity index (χ0v) is 14.2. The summed E-state index contributed by atoms with van der Waals surface area (Å²) in [6.07, 6.45) is -0.998. The molecule has 2 rings (SSSR count). The minimum atomic E-state index is -0.998. The van der Waals surface area contributed by atoms with Crippen LogP contribution in [-0.2, 0) is 14.3 Å². The van der Waals surface area contributed by atoms with Crippen molar-refractivity contribution in [1.29, 1.82) is 0 Å². The number of carbonyl (C=O) groups is 2. The van der Waals surface area contributed by atoms with Crippen molar-refractivity contribution in [2.45, 2.75) is 24.8 Å². The van der Waals surface area contributed by atoms with Crippen molar-refractivity contribution >= 4 is 35.1 Å². The van der Waals surface area contributed by atoms with Crippen molar-refractivity contribution in [3.05, 3.63) is 46.2 Å². The lowest BCUT2D eigenvalue weighted by Crippen LogP contribution is -2.30. The number of benzene rings is 1. The summed E-state index contributed by atoms with van der Waals surface area (Å²) in [4.78, 5) is 34.4. The van der Waals surface area contributed by atoms with Gasteiger partial charge in [0.2, 0.25) is 0 Å². The van der Waals surface area contributed by atoms with Gasteiger partial charge in [0, 0.05) is 23.1 Å². The normalized spacial score (nSPS) is 11.6. The van der Waals surface area contributed by atoms with Gasteiger partial charge in [-0.05, 0) is 26.0 Å². The number of hydrogen-bond acceptors (Lipinski definition) is 8. The SMILES string of the molecule is Cc1cc(NC(=O)[C@@H](C)OC(=O)CSc2ccc([N+](=O)[O-])cc2)no1. The number of non-ortho nitro benzene ring substituents is 1. The molecule has 0 aliphatic carbocycles. The molecule has 0 saturated carbocycles. The van der Waals surface area contributed by atoms with Crippen molar-refractivity contribution in [1.82, 2.24) is 5.16 Å². The molecular weight excluding hydrogens is 350 g/mol. The van der Waals surface area contributed by atoms with Gasteiger partial charge in [-0.25, -0.2) is 0 Å². The second-order valence-corrected chi connectivity index (χ2v) is 6.03. The van der Waals surface area contributed by atoms with Crippen molar-refractivity contribution < 1.29 is 23.8 Å². The molecule has 1 heterocycles. The van der Waals surface area contributed by atoms with Crippen molar-refractivity contribution in [2.75, 3.05) is 11.1 Å². The van der Waals surface area contributed by atoms with E-state index in [1.807, 2.05) is 0 Å². The van der Waals surface area contributed by atoms with Gasteiger partial charge in [0.1, 0.15) is 5.76 Å². The van der Waals surface area contributed by atoms with E-state index < -0.39 is 22.9 Å². The third kappa shape index (κ3) is 5.60. The highest BCUT2D eigenvalue weighted by Crippen LogP contribution is 2.21. The Bertz CT molecular complexity index is 774. The van der Waals surface area contributed by atoms with Gasteiger partial charge in [-0.3, -0.25) is 19.7 Å². The molecule has 1 aromatic heterocycles. The maximum atomic E-state index is 11.9. The van der Waals surface area contributed by atoms with Crippen LogP contribution in [0, 0.1) is 17.0 Å². The number of nitro groups is 1. The van der Waals surface area contributed by atoms with Crippen LogP contribution >= 0.6 is 11.8 Å². The van der Waals surface area contributed by atoms with Gasteiger partial charge in [0.15, 0.2) is 11.9 Å². The number of carbonyl (C=O) groups excluding carboxylic acids is 2. The maximum absolute atomic E-state index is 11.9. The topological polar surface area (TPSA) is 125 Å². The largest absolute Gasteiger partial charge is 0.452 e. The molecule has 0 radical (unpaired) electrons. The van der Waals surface area contributed by atoms with E-state index in [1.54, 1.807) is 19.1 Å². The van der Waals surface area contributed by atoms with Crippen LogP contribution in [0.3, 0.4) is 0 Å². The van der Waals surface area contributed by atoms with Crippen molar-refractivity contribution in [3.63, 3.8) is 0 Å². The lowest BCUT2D eigenvalue weighted by molar-refractivity contribution is -0.384. The van der Waals surface area contributed by atoms with E-state index in [0.29, 0.717) is 10.7 Å². The summed E-state index contributed by atoms with van der Waals surface area (Å²) in [6.45, 7) is 3.12. The number of ether oxygens (including phenoxy) is 1. The number of nitrogens with one attached hydrogen (secondary N) is 1. The van der Waals surface area contributed by atoms with Crippen LogP contribution in [0.25, 0.3) is 0 Å². The number of thioether (sulfide) groups is 1. The number of hydrogen-bond donors (Lipinski definition) is 1. The van der Waals surface area contributed by atoms with Gasteiger partial charge in [0.25, 0.3) is 11.6 Å². The molecule has 0 fully saturated rings. The summed E-state index contributed by atoms with van der Waals surface area (Å²) in [5.41, 5.74) is -0.0275. The molecule has 0 aliphatic heterocycles. The van der Waals surface area contributed by atoms with Crippen LogP contribution in [0.4, 0.5) is 11.5 Å². The van der Waals surface area contributed by atoms with Crippen LogP contribution in [0.5, 0.6) is 0 Å². The minimum absolute atomic E-state index is 0.0275. The van der Waals surface area contributed by atoms with E-state index in [9.17, 15) is 19.7 Å². The third-order valence-electron chi connectivity index (χ3n) is 2.96. The van der Waals surface area contributed by atoms with Gasteiger partial charge in [-0.2, -0.15) is 0 Å². The Morgan fingerprint density at radius 3 is 2.64 bits per heavy atom. The summed E-state index contributed by atoms with van der Waals surface area (Å²) in [5, 5.41) is 16.7. The van der Waals surface area contributed by atoms with E-state index in [2.05, 4.69) is 10.5 Å². The van der Waals surface area contributed by atoms with Crippen molar-refractivity contribution in [2.24, 2.45) is 0 Å². The van der Waals surface area contributed by atoms with Gasteiger partial charge >= 0.3 is 5.97 Å². The second kappa shape index (κ2) is 8.29. The van der Waals surface area contributed by atoms with Crippen LogP contribution in [0.2, 0.25) is 0 Å². The van der Waals surface area contributed by atoms with Crippen LogP contribution in [0.15, 0.2) is 39.8 Å². The summed E-state index contributed by atoms with van der Waals surface area (Å²) < 4.78 is 9.86. The summed E-state index contributed by atoms with van der Waals surface area (Å²) >= 11 is 1.15. The molecule has 1 atom stereocenters. The molecule has 1 aromatic carbocycles. The standard InChI is InChI=1S/C15H15N3O6S/c1-9-7-13(17-24-9)16-15(20)10(2)23-14(19)8-25-12-5-3-11(4-6-12)18(21)22/h3-7,10H,8H2,1-2H3,(H,16,17,20)/t10-/m1/s1. The summed E-state index contributed by atoms with van der Waals surface area (Å²) in [6, 6.07) is 7.32. The number of amides is 1. The molecule has 1 N–H and O–H groups in total. The molecule has 25 heavy (non-hydrogen) atoms. The number of anilines is 1. The Kier molecular flexibility index (Phi) is 6.12. The average Bonchev–Trinajstić information content (AvgIpc) is 2.98. The fraction of sp³-hybridized carbons (Fsp3) is 0.267. The van der Waals surface area contributed by atoms with Gasteiger partial charge in [-0.1, -0.05) is 5.16 Å². The highest BCUT2D eigenvalue weighted by Gasteiger charge is 2.19. The molecule has 0 spiro atoms. The molecule has 0 bridgehead atoms. The number of nitro benzene ring substituents is 1. The van der Waals surface area contributed by atoms with E-state index in [1.165, 1.54) is 25.1 Å². The Morgan fingerprint density at radius 1 is 1.40 bits per heavy atom. The second-order valence-electron chi connectivity index (χ2n) is 4.98. The Labute approximate surface area is 146 Å². The molecule has 2 aromatic rings. The van der Waals surface area contributed by atoms with E-state index >= 15 is 0 Å². The van der Waals surface area contributed by atoms with Gasteiger partial charge < -0.3 is 14.6 Å². The number of aromatic nitrogens is 1. The highest BCUT2D eigenvalue weighted by molar-refractivity contribution is 8.00. The number of nitrogens with zero attached hydrogens (tertiary/aromatic N) is 2. The zero-order valence-electron chi connectivity index (χ0n) is 13.4. The highest BCUT2D eigenvalue weighted by atomic mass is 32.2. The fourth-order valence-electron chi connectivity index (χ4n) is 1.74. The summed E-state index contributed by atoms with van der Waals surface area (Å²) in [5.74, 6) is -0.354. The number of rotatable bonds is 7. The smallest absolute Gasteiger partial charge is 0.317 e.